The Morgan fingerprint density at radius 3 is 2.22 bits per heavy atom. The molecule has 0 radical (unpaired) electrons. The van der Waals surface area contributed by atoms with Crippen LogP contribution in [0.2, 0.25) is 0 Å². The van der Waals surface area contributed by atoms with Crippen LogP contribution in [0.5, 0.6) is 0 Å². The van der Waals surface area contributed by atoms with Crippen LogP contribution in [0.15, 0.2) is 0 Å². The molecule has 18 heavy (non-hydrogen) atoms. The van der Waals surface area contributed by atoms with Crippen molar-refractivity contribution < 1.29 is 14.3 Å². The van der Waals surface area contributed by atoms with E-state index < -0.39 is 18.1 Å². The standard InChI is InChI=1S/C13H26N2O3/c1-6-9(4)11(13(17)18-5)15-12(16)10(14)7-8(2)3/h8-11H,6-7,14H2,1-5H3,(H,15,16)/t9?,10-,11?/m1/s1. The average Bonchev–Trinajstić information content (AvgIpc) is 2.32. The van der Waals surface area contributed by atoms with E-state index in [9.17, 15) is 9.59 Å². The van der Waals surface area contributed by atoms with Gasteiger partial charge < -0.3 is 15.8 Å². The SMILES string of the molecule is CCC(C)C(NC(=O)[C@H](N)CC(C)C)C(=O)OC. The zero-order chi connectivity index (χ0) is 14.3. The Bertz CT molecular complexity index is 279. The molecule has 5 nitrogen and oxygen atoms in total. The highest BCUT2D eigenvalue weighted by Crippen LogP contribution is 2.10. The van der Waals surface area contributed by atoms with Crippen molar-refractivity contribution in [3.63, 3.8) is 0 Å². The zero-order valence-electron chi connectivity index (χ0n) is 12.0. The van der Waals surface area contributed by atoms with Crippen molar-refractivity contribution >= 4 is 11.9 Å². The summed E-state index contributed by atoms with van der Waals surface area (Å²) in [4.78, 5) is 23.5. The Morgan fingerprint density at radius 2 is 1.83 bits per heavy atom. The Morgan fingerprint density at radius 1 is 1.28 bits per heavy atom. The first kappa shape index (κ1) is 16.9. The summed E-state index contributed by atoms with van der Waals surface area (Å²) in [7, 11) is 1.32. The lowest BCUT2D eigenvalue weighted by Gasteiger charge is -2.24. The van der Waals surface area contributed by atoms with Crippen LogP contribution in [0.4, 0.5) is 0 Å². The molecule has 0 fully saturated rings. The quantitative estimate of drug-likeness (QED) is 0.669. The third-order valence-electron chi connectivity index (χ3n) is 3.03. The highest BCUT2D eigenvalue weighted by molar-refractivity contribution is 5.87. The van der Waals surface area contributed by atoms with Gasteiger partial charge in [-0.2, -0.15) is 0 Å². The second-order valence-electron chi connectivity index (χ2n) is 5.13. The number of nitrogens with two attached hydrogens (primary N) is 1. The van der Waals surface area contributed by atoms with Crippen LogP contribution in [0.1, 0.15) is 40.5 Å². The Kier molecular flexibility index (Phi) is 7.59. The molecule has 0 saturated carbocycles. The van der Waals surface area contributed by atoms with Gasteiger partial charge in [0.2, 0.25) is 5.91 Å². The van der Waals surface area contributed by atoms with Gasteiger partial charge in [0, 0.05) is 0 Å². The lowest BCUT2D eigenvalue weighted by atomic mass is 9.98. The van der Waals surface area contributed by atoms with Crippen LogP contribution < -0.4 is 11.1 Å². The number of hydrogen-bond donors (Lipinski definition) is 2. The van der Waals surface area contributed by atoms with Crippen molar-refractivity contribution in [1.29, 1.82) is 0 Å². The number of nitrogens with one attached hydrogen (secondary N) is 1. The van der Waals surface area contributed by atoms with Crippen LogP contribution in [-0.2, 0) is 14.3 Å². The predicted octanol–water partition coefficient (Wildman–Crippen LogP) is 1.06. The number of esters is 1. The lowest BCUT2D eigenvalue weighted by molar-refractivity contribution is -0.146. The Balaban J connectivity index is 4.58. The van der Waals surface area contributed by atoms with Gasteiger partial charge in [0.05, 0.1) is 13.2 Å². The molecule has 0 saturated heterocycles. The molecule has 0 aliphatic heterocycles. The number of amides is 1. The predicted molar refractivity (Wildman–Crippen MR) is 70.8 cm³/mol. The first-order chi connectivity index (χ1) is 8.33. The lowest BCUT2D eigenvalue weighted by Crippen LogP contribution is -2.51. The molecular formula is C13H26N2O3. The minimum atomic E-state index is -0.620. The van der Waals surface area contributed by atoms with Crippen LogP contribution in [0, 0.1) is 11.8 Å². The minimum Gasteiger partial charge on any atom is -0.467 e. The van der Waals surface area contributed by atoms with Gasteiger partial charge in [-0.05, 0) is 18.3 Å². The molecule has 2 unspecified atom stereocenters. The normalized spacial score (nSPS) is 15.9. The molecule has 0 rings (SSSR count). The topological polar surface area (TPSA) is 81.4 Å². The maximum absolute atomic E-state index is 11.9. The van der Waals surface area contributed by atoms with Crippen LogP contribution >= 0.6 is 0 Å². The van der Waals surface area contributed by atoms with E-state index in [0.29, 0.717) is 12.3 Å². The maximum Gasteiger partial charge on any atom is 0.328 e. The third kappa shape index (κ3) is 5.49. The second-order valence-corrected chi connectivity index (χ2v) is 5.13. The summed E-state index contributed by atoms with van der Waals surface area (Å²) >= 11 is 0. The third-order valence-corrected chi connectivity index (χ3v) is 3.03. The first-order valence-corrected chi connectivity index (χ1v) is 6.47. The van der Waals surface area contributed by atoms with E-state index in [1.807, 2.05) is 27.7 Å². The monoisotopic (exact) mass is 258 g/mol. The van der Waals surface area contributed by atoms with Crippen molar-refractivity contribution in [2.45, 2.75) is 52.6 Å². The molecular weight excluding hydrogens is 232 g/mol. The largest absolute Gasteiger partial charge is 0.467 e. The van der Waals surface area contributed by atoms with E-state index in [1.54, 1.807) is 0 Å². The van der Waals surface area contributed by atoms with Gasteiger partial charge >= 0.3 is 5.97 Å². The van der Waals surface area contributed by atoms with Gasteiger partial charge in [0.15, 0.2) is 0 Å². The summed E-state index contributed by atoms with van der Waals surface area (Å²) in [6.07, 6.45) is 1.37. The summed E-state index contributed by atoms with van der Waals surface area (Å²) in [6.45, 7) is 7.86. The molecule has 1 amide bonds. The molecule has 0 aliphatic rings. The van der Waals surface area contributed by atoms with Gasteiger partial charge in [-0.15, -0.1) is 0 Å². The van der Waals surface area contributed by atoms with E-state index in [0.717, 1.165) is 6.42 Å². The van der Waals surface area contributed by atoms with Crippen LogP contribution in [-0.4, -0.2) is 31.1 Å². The van der Waals surface area contributed by atoms with Crippen molar-refractivity contribution in [2.24, 2.45) is 17.6 Å². The molecule has 3 atom stereocenters. The number of ether oxygens (including phenoxy) is 1. The zero-order valence-corrected chi connectivity index (χ0v) is 12.0. The van der Waals surface area contributed by atoms with E-state index in [-0.39, 0.29) is 11.8 Å². The minimum absolute atomic E-state index is 0.0210. The fraction of sp³-hybridized carbons (Fsp3) is 0.846. The molecule has 0 aromatic heterocycles. The molecule has 3 N–H and O–H groups in total. The Hall–Kier alpha value is -1.10. The summed E-state index contributed by atoms with van der Waals surface area (Å²) in [5.41, 5.74) is 5.79. The molecule has 0 bridgehead atoms. The summed E-state index contributed by atoms with van der Waals surface area (Å²) < 4.78 is 4.70. The summed E-state index contributed by atoms with van der Waals surface area (Å²) in [6, 6.07) is -1.20. The highest BCUT2D eigenvalue weighted by atomic mass is 16.5. The molecule has 0 aromatic rings. The van der Waals surface area contributed by atoms with Gasteiger partial charge in [-0.3, -0.25) is 4.79 Å². The molecule has 0 spiro atoms. The number of carbonyl (C=O) groups is 2. The number of methoxy groups -OCH3 is 1. The fourth-order valence-electron chi connectivity index (χ4n) is 1.67. The smallest absolute Gasteiger partial charge is 0.328 e. The maximum atomic E-state index is 11.9. The van der Waals surface area contributed by atoms with Gasteiger partial charge in [-0.25, -0.2) is 4.79 Å². The van der Waals surface area contributed by atoms with Crippen LogP contribution in [0.25, 0.3) is 0 Å². The number of carbonyl (C=O) groups excluding carboxylic acids is 2. The van der Waals surface area contributed by atoms with E-state index >= 15 is 0 Å². The van der Waals surface area contributed by atoms with Crippen molar-refractivity contribution in [3.05, 3.63) is 0 Å². The summed E-state index contributed by atoms with van der Waals surface area (Å²) in [5, 5.41) is 2.69. The average molecular weight is 258 g/mol. The first-order valence-electron chi connectivity index (χ1n) is 6.47. The fourth-order valence-corrected chi connectivity index (χ4v) is 1.67. The molecule has 0 heterocycles. The van der Waals surface area contributed by atoms with Crippen molar-refractivity contribution in [3.8, 4) is 0 Å². The van der Waals surface area contributed by atoms with Crippen molar-refractivity contribution in [1.82, 2.24) is 5.32 Å². The number of hydrogen-bond acceptors (Lipinski definition) is 4. The van der Waals surface area contributed by atoms with Crippen molar-refractivity contribution in [2.75, 3.05) is 7.11 Å². The summed E-state index contributed by atoms with van der Waals surface area (Å²) in [5.74, 6) is -0.354. The van der Waals surface area contributed by atoms with E-state index in [1.165, 1.54) is 7.11 Å². The number of rotatable bonds is 7. The highest BCUT2D eigenvalue weighted by Gasteiger charge is 2.28. The molecule has 5 heteroatoms. The van der Waals surface area contributed by atoms with Crippen LogP contribution in [0.3, 0.4) is 0 Å². The molecule has 0 aliphatic carbocycles. The van der Waals surface area contributed by atoms with Gasteiger partial charge in [-0.1, -0.05) is 34.1 Å². The Labute approximate surface area is 109 Å². The van der Waals surface area contributed by atoms with Gasteiger partial charge in [0.25, 0.3) is 0 Å². The molecule has 0 aromatic carbocycles. The van der Waals surface area contributed by atoms with Gasteiger partial charge in [0.1, 0.15) is 6.04 Å². The van der Waals surface area contributed by atoms with E-state index in [2.05, 4.69) is 5.32 Å². The second kappa shape index (κ2) is 8.08. The van der Waals surface area contributed by atoms with E-state index in [4.69, 9.17) is 10.5 Å². The molecule has 106 valence electrons.